The van der Waals surface area contributed by atoms with Gasteiger partial charge in [0.05, 0.1) is 12.3 Å². The Balaban J connectivity index is 2.18. The monoisotopic (exact) mass is 362 g/mol. The molecule has 1 aromatic carbocycles. The third kappa shape index (κ3) is 5.86. The van der Waals surface area contributed by atoms with E-state index in [1.807, 2.05) is 30.3 Å². The Morgan fingerprint density at radius 1 is 1.19 bits per heavy atom. The number of nitrogens with zero attached hydrogens (tertiary/aromatic N) is 2. The van der Waals surface area contributed by atoms with E-state index in [0.29, 0.717) is 11.6 Å². The molecular formula is C19H17F3N2O2. The van der Waals surface area contributed by atoms with Crippen LogP contribution in [0.2, 0.25) is 0 Å². The van der Waals surface area contributed by atoms with Crippen molar-refractivity contribution >= 4 is 11.6 Å². The smallest absolute Gasteiger partial charge is 0.289 e. The number of benzene rings is 1. The summed E-state index contributed by atoms with van der Waals surface area (Å²) in [5.41, 5.74) is 0.397. The number of halogens is 3. The zero-order valence-corrected chi connectivity index (χ0v) is 13.9. The molecule has 1 aliphatic rings. The van der Waals surface area contributed by atoms with Crippen molar-refractivity contribution in [3.8, 4) is 0 Å². The van der Waals surface area contributed by atoms with Crippen LogP contribution in [0.5, 0.6) is 0 Å². The maximum absolute atomic E-state index is 12.5. The van der Waals surface area contributed by atoms with Crippen molar-refractivity contribution < 1.29 is 23.2 Å². The SMILES string of the molecule is CC(=CC(=O)N=C1C=CC=CC1=CN(O)Cc1ccccc1)C(F)(F)F. The summed E-state index contributed by atoms with van der Waals surface area (Å²) in [5, 5.41) is 11.0. The molecule has 0 spiro atoms. The van der Waals surface area contributed by atoms with Crippen molar-refractivity contribution in [2.45, 2.75) is 19.6 Å². The molecule has 0 saturated carbocycles. The highest BCUT2D eigenvalue weighted by molar-refractivity contribution is 6.16. The quantitative estimate of drug-likeness (QED) is 0.639. The normalized spacial score (nSPS) is 17.8. The molecule has 0 atom stereocenters. The van der Waals surface area contributed by atoms with Gasteiger partial charge in [-0.05, 0) is 18.6 Å². The van der Waals surface area contributed by atoms with Gasteiger partial charge in [-0.3, -0.25) is 15.1 Å². The van der Waals surface area contributed by atoms with Crippen LogP contribution in [0.15, 0.2) is 83.1 Å². The number of hydroxylamine groups is 2. The Morgan fingerprint density at radius 2 is 1.85 bits per heavy atom. The van der Waals surface area contributed by atoms with Crippen molar-refractivity contribution in [1.82, 2.24) is 5.06 Å². The van der Waals surface area contributed by atoms with Crippen LogP contribution in [0.1, 0.15) is 12.5 Å². The molecule has 0 bridgehead atoms. The first-order valence-electron chi connectivity index (χ1n) is 7.70. The molecule has 0 unspecified atom stereocenters. The molecule has 0 aromatic heterocycles. The zero-order chi connectivity index (χ0) is 19.2. The van der Waals surface area contributed by atoms with Gasteiger partial charge in [0.2, 0.25) is 0 Å². The largest absolute Gasteiger partial charge is 0.412 e. The summed E-state index contributed by atoms with van der Waals surface area (Å²) >= 11 is 0. The van der Waals surface area contributed by atoms with Crippen molar-refractivity contribution in [1.29, 1.82) is 0 Å². The van der Waals surface area contributed by atoms with E-state index in [0.717, 1.165) is 17.6 Å². The molecule has 26 heavy (non-hydrogen) atoms. The summed E-state index contributed by atoms with van der Waals surface area (Å²) in [6.45, 7) is 1.01. The van der Waals surface area contributed by atoms with E-state index < -0.39 is 17.7 Å². The van der Waals surface area contributed by atoms with E-state index in [1.165, 1.54) is 12.3 Å². The van der Waals surface area contributed by atoms with E-state index >= 15 is 0 Å². The number of amides is 1. The van der Waals surface area contributed by atoms with Crippen LogP contribution in [0, 0.1) is 0 Å². The molecule has 0 saturated heterocycles. The third-order valence-electron chi connectivity index (χ3n) is 3.43. The molecule has 136 valence electrons. The molecule has 7 heteroatoms. The topological polar surface area (TPSA) is 52.9 Å². The second-order valence-corrected chi connectivity index (χ2v) is 5.55. The molecule has 0 heterocycles. The highest BCUT2D eigenvalue weighted by Crippen LogP contribution is 2.24. The third-order valence-corrected chi connectivity index (χ3v) is 3.43. The van der Waals surface area contributed by atoms with Gasteiger partial charge < -0.3 is 0 Å². The number of aliphatic imine (C=N–C) groups is 1. The minimum Gasteiger partial charge on any atom is -0.289 e. The van der Waals surface area contributed by atoms with Gasteiger partial charge in [-0.2, -0.15) is 13.2 Å². The molecule has 4 nitrogen and oxygen atoms in total. The van der Waals surface area contributed by atoms with Gasteiger partial charge in [-0.15, -0.1) is 0 Å². The van der Waals surface area contributed by atoms with Crippen LogP contribution < -0.4 is 0 Å². The first-order valence-corrected chi connectivity index (χ1v) is 7.70. The number of carbonyl (C=O) groups is 1. The van der Waals surface area contributed by atoms with Gasteiger partial charge in [0.1, 0.15) is 0 Å². The van der Waals surface area contributed by atoms with Gasteiger partial charge in [-0.25, -0.2) is 4.99 Å². The van der Waals surface area contributed by atoms with Crippen LogP contribution in [-0.4, -0.2) is 28.1 Å². The zero-order valence-electron chi connectivity index (χ0n) is 13.9. The standard InChI is InChI=1S/C19H17F3N2O2/c1-14(19(20,21)22)11-18(25)23-17-10-6-5-9-16(17)13-24(26)12-15-7-3-2-4-8-15/h2-11,13,26H,12H2,1H3. The average Bonchev–Trinajstić information content (AvgIpc) is 2.56. The Bertz CT molecular complexity index is 804. The van der Waals surface area contributed by atoms with Crippen LogP contribution in [0.4, 0.5) is 13.2 Å². The first-order chi connectivity index (χ1) is 12.3. The Kier molecular flexibility index (Phi) is 6.30. The summed E-state index contributed by atoms with van der Waals surface area (Å²) in [5.74, 6) is -1.02. The molecule has 1 aromatic rings. The van der Waals surface area contributed by atoms with Gasteiger partial charge in [0, 0.05) is 23.4 Å². The Hall–Kier alpha value is -2.93. The first kappa shape index (κ1) is 19.4. The predicted molar refractivity (Wildman–Crippen MR) is 92.4 cm³/mol. The van der Waals surface area contributed by atoms with E-state index in [9.17, 15) is 23.2 Å². The second kappa shape index (κ2) is 8.44. The van der Waals surface area contributed by atoms with Gasteiger partial charge in [-0.1, -0.05) is 48.6 Å². The molecule has 1 amide bonds. The van der Waals surface area contributed by atoms with Gasteiger partial charge in [0.25, 0.3) is 5.91 Å². The molecule has 0 radical (unpaired) electrons. The molecule has 2 rings (SSSR count). The lowest BCUT2D eigenvalue weighted by molar-refractivity contribution is -0.115. The molecular weight excluding hydrogens is 345 g/mol. The summed E-state index contributed by atoms with van der Waals surface area (Å²) in [6.07, 6.45) is 3.58. The van der Waals surface area contributed by atoms with Crippen LogP contribution >= 0.6 is 0 Å². The van der Waals surface area contributed by atoms with E-state index in [-0.39, 0.29) is 12.3 Å². The van der Waals surface area contributed by atoms with E-state index in [1.54, 1.807) is 18.2 Å². The van der Waals surface area contributed by atoms with Gasteiger partial charge in [0.15, 0.2) is 0 Å². The van der Waals surface area contributed by atoms with E-state index in [2.05, 4.69) is 4.99 Å². The minimum atomic E-state index is -4.57. The number of allylic oxidation sites excluding steroid dienone is 6. The summed E-state index contributed by atoms with van der Waals surface area (Å²) in [6, 6.07) is 9.19. The highest BCUT2D eigenvalue weighted by atomic mass is 19.4. The number of carbonyl (C=O) groups excluding carboxylic acids is 1. The maximum Gasteiger partial charge on any atom is 0.412 e. The molecule has 0 aliphatic heterocycles. The van der Waals surface area contributed by atoms with Crippen molar-refractivity contribution in [3.05, 3.63) is 83.6 Å². The lowest BCUT2D eigenvalue weighted by Crippen LogP contribution is -2.15. The van der Waals surface area contributed by atoms with E-state index in [4.69, 9.17) is 0 Å². The fourth-order valence-electron chi connectivity index (χ4n) is 2.09. The second-order valence-electron chi connectivity index (χ2n) is 5.55. The molecule has 1 N–H and O–H groups in total. The highest BCUT2D eigenvalue weighted by Gasteiger charge is 2.30. The summed E-state index contributed by atoms with van der Waals surface area (Å²) in [7, 11) is 0. The van der Waals surface area contributed by atoms with Crippen LogP contribution in [0.25, 0.3) is 0 Å². The number of alkyl halides is 3. The lowest BCUT2D eigenvalue weighted by Gasteiger charge is -2.15. The van der Waals surface area contributed by atoms with Crippen molar-refractivity contribution in [2.75, 3.05) is 0 Å². The molecule has 1 aliphatic carbocycles. The minimum absolute atomic E-state index is 0.163. The van der Waals surface area contributed by atoms with Crippen LogP contribution in [-0.2, 0) is 11.3 Å². The molecule has 0 fully saturated rings. The maximum atomic E-state index is 12.5. The Morgan fingerprint density at radius 3 is 2.50 bits per heavy atom. The summed E-state index contributed by atoms with van der Waals surface area (Å²) < 4.78 is 37.5. The van der Waals surface area contributed by atoms with Crippen molar-refractivity contribution in [3.63, 3.8) is 0 Å². The average molecular weight is 362 g/mol. The van der Waals surface area contributed by atoms with Gasteiger partial charge >= 0.3 is 6.18 Å². The lowest BCUT2D eigenvalue weighted by atomic mass is 10.1. The number of hydrogen-bond acceptors (Lipinski definition) is 3. The fourth-order valence-corrected chi connectivity index (χ4v) is 2.09. The summed E-state index contributed by atoms with van der Waals surface area (Å²) in [4.78, 5) is 15.5. The number of hydrogen-bond donors (Lipinski definition) is 1. The Labute approximate surface area is 148 Å². The van der Waals surface area contributed by atoms with Crippen LogP contribution in [0.3, 0.4) is 0 Å². The predicted octanol–water partition coefficient (Wildman–Crippen LogP) is 4.36. The number of rotatable bonds is 4. The fraction of sp³-hybridized carbons (Fsp3) is 0.158. The van der Waals surface area contributed by atoms with Crippen molar-refractivity contribution in [2.24, 2.45) is 4.99 Å².